The Kier molecular flexibility index (Phi) is 6.22. The third-order valence-electron chi connectivity index (χ3n) is 10.4. The molecule has 8 aromatic carbocycles. The van der Waals surface area contributed by atoms with Gasteiger partial charge in [-0.05, 0) is 78.4 Å². The van der Waals surface area contributed by atoms with Crippen LogP contribution in [-0.2, 0) is 0 Å². The highest BCUT2D eigenvalue weighted by molar-refractivity contribution is 6.20. The summed E-state index contributed by atoms with van der Waals surface area (Å²) in [6, 6.07) is 64.1. The first-order valence-corrected chi connectivity index (χ1v) is 17.6. The molecule has 0 aliphatic rings. The minimum atomic E-state index is 0.850. The monoisotopic (exact) mass is 666 g/mol. The summed E-state index contributed by atoms with van der Waals surface area (Å²) >= 11 is 0. The van der Waals surface area contributed by atoms with E-state index in [0.717, 1.165) is 77.8 Å². The molecule has 0 spiro atoms. The van der Waals surface area contributed by atoms with Crippen LogP contribution in [0, 0.1) is 0 Å². The highest BCUT2D eigenvalue weighted by atomic mass is 16.3. The Balaban J connectivity index is 1.18. The number of benzene rings is 8. The quantitative estimate of drug-likeness (QED) is 0.183. The second-order valence-electron chi connectivity index (χ2n) is 13.3. The molecule has 0 saturated carbocycles. The van der Waals surface area contributed by atoms with E-state index in [0.29, 0.717) is 0 Å². The van der Waals surface area contributed by atoms with Crippen molar-refractivity contribution < 1.29 is 8.83 Å². The van der Waals surface area contributed by atoms with Crippen LogP contribution in [0.2, 0.25) is 0 Å². The van der Waals surface area contributed by atoms with Crippen molar-refractivity contribution in [3.05, 3.63) is 182 Å². The van der Waals surface area contributed by atoms with Crippen molar-refractivity contribution in [1.29, 1.82) is 0 Å². The molecule has 3 heterocycles. The zero-order valence-corrected chi connectivity index (χ0v) is 28.0. The average Bonchev–Trinajstić information content (AvgIpc) is 3.89. The molecule has 0 aliphatic carbocycles. The third kappa shape index (κ3) is 4.21. The van der Waals surface area contributed by atoms with E-state index in [1.54, 1.807) is 0 Å². The molecule has 0 amide bonds. The van der Waals surface area contributed by atoms with Gasteiger partial charge in [-0.3, -0.25) is 0 Å². The summed E-state index contributed by atoms with van der Waals surface area (Å²) in [4.78, 5) is 2.35. The lowest BCUT2D eigenvalue weighted by Gasteiger charge is -2.27. The van der Waals surface area contributed by atoms with Gasteiger partial charge in [0.15, 0.2) is 0 Å². The number of anilines is 3. The van der Waals surface area contributed by atoms with Crippen LogP contribution in [0.5, 0.6) is 0 Å². The molecule has 4 heteroatoms. The Morgan fingerprint density at radius 1 is 0.404 bits per heavy atom. The Bertz CT molecular complexity index is 3090. The first-order valence-electron chi connectivity index (χ1n) is 17.6. The molecule has 4 nitrogen and oxygen atoms in total. The van der Waals surface area contributed by atoms with Crippen molar-refractivity contribution in [2.24, 2.45) is 0 Å². The van der Waals surface area contributed by atoms with Gasteiger partial charge in [0.1, 0.15) is 22.3 Å². The van der Waals surface area contributed by atoms with Crippen LogP contribution in [0.4, 0.5) is 17.1 Å². The summed E-state index contributed by atoms with van der Waals surface area (Å²) in [6.45, 7) is 0. The SMILES string of the molecule is c1ccc(N(c2cccc3oc4ccccc4c23)c2ccc(-c3cccc(-n4c5ccccc5c5ccccc54)c3)c3oc4ccccc4c23)cc1. The maximum atomic E-state index is 6.86. The molecular formula is C48H30N2O2. The van der Waals surface area contributed by atoms with Gasteiger partial charge in [0, 0.05) is 38.5 Å². The van der Waals surface area contributed by atoms with Gasteiger partial charge in [-0.2, -0.15) is 0 Å². The number of para-hydroxylation sites is 5. The van der Waals surface area contributed by atoms with Crippen molar-refractivity contribution in [2.75, 3.05) is 4.90 Å². The third-order valence-corrected chi connectivity index (χ3v) is 10.4. The zero-order chi connectivity index (χ0) is 34.2. The molecule has 11 rings (SSSR count). The maximum Gasteiger partial charge on any atom is 0.145 e. The van der Waals surface area contributed by atoms with Crippen LogP contribution in [0.1, 0.15) is 0 Å². The largest absolute Gasteiger partial charge is 0.456 e. The van der Waals surface area contributed by atoms with Gasteiger partial charge in [-0.25, -0.2) is 0 Å². The van der Waals surface area contributed by atoms with Gasteiger partial charge in [0.2, 0.25) is 0 Å². The molecule has 0 bridgehead atoms. The van der Waals surface area contributed by atoms with E-state index in [1.165, 1.54) is 21.8 Å². The highest BCUT2D eigenvalue weighted by Crippen LogP contribution is 2.49. The predicted octanol–water partition coefficient (Wildman–Crippen LogP) is 13.7. The van der Waals surface area contributed by atoms with Crippen molar-refractivity contribution in [2.45, 2.75) is 0 Å². The summed E-state index contributed by atoms with van der Waals surface area (Å²) in [5.74, 6) is 0. The molecule has 0 aliphatic heterocycles. The molecule has 0 radical (unpaired) electrons. The van der Waals surface area contributed by atoms with Crippen LogP contribution in [0.3, 0.4) is 0 Å². The van der Waals surface area contributed by atoms with Crippen molar-refractivity contribution in [3.8, 4) is 16.8 Å². The van der Waals surface area contributed by atoms with Crippen LogP contribution in [0.15, 0.2) is 191 Å². The average molecular weight is 667 g/mol. The number of hydrogen-bond donors (Lipinski definition) is 0. The molecule has 52 heavy (non-hydrogen) atoms. The number of furan rings is 2. The fraction of sp³-hybridized carbons (Fsp3) is 0. The van der Waals surface area contributed by atoms with Gasteiger partial charge < -0.3 is 18.3 Å². The van der Waals surface area contributed by atoms with Crippen LogP contribution in [0.25, 0.3) is 82.5 Å². The van der Waals surface area contributed by atoms with E-state index in [1.807, 2.05) is 18.2 Å². The summed E-state index contributed by atoms with van der Waals surface area (Å²) in [6.07, 6.45) is 0. The second kappa shape index (κ2) is 11.2. The lowest BCUT2D eigenvalue weighted by molar-refractivity contribution is 0.669. The fourth-order valence-corrected chi connectivity index (χ4v) is 8.16. The normalized spacial score (nSPS) is 11.8. The molecule has 11 aromatic rings. The topological polar surface area (TPSA) is 34.5 Å². The Morgan fingerprint density at radius 3 is 1.73 bits per heavy atom. The minimum Gasteiger partial charge on any atom is -0.456 e. The molecule has 244 valence electrons. The highest BCUT2D eigenvalue weighted by Gasteiger charge is 2.25. The molecule has 0 atom stereocenters. The van der Waals surface area contributed by atoms with E-state index in [2.05, 4.69) is 173 Å². The molecule has 0 saturated heterocycles. The van der Waals surface area contributed by atoms with Crippen molar-refractivity contribution in [3.63, 3.8) is 0 Å². The van der Waals surface area contributed by atoms with Crippen LogP contribution >= 0.6 is 0 Å². The number of aromatic nitrogens is 1. The van der Waals surface area contributed by atoms with Crippen molar-refractivity contribution >= 4 is 82.7 Å². The Labute approximate surface area is 299 Å². The summed E-state index contributed by atoms with van der Waals surface area (Å²) in [7, 11) is 0. The zero-order valence-electron chi connectivity index (χ0n) is 28.0. The van der Waals surface area contributed by atoms with Gasteiger partial charge >= 0.3 is 0 Å². The van der Waals surface area contributed by atoms with Gasteiger partial charge in [0.05, 0.1) is 33.2 Å². The second-order valence-corrected chi connectivity index (χ2v) is 13.3. The summed E-state index contributed by atoms with van der Waals surface area (Å²) < 4.78 is 15.6. The van der Waals surface area contributed by atoms with E-state index >= 15 is 0 Å². The summed E-state index contributed by atoms with van der Waals surface area (Å²) in [5.41, 5.74) is 12.2. The number of rotatable bonds is 5. The Hall–Kier alpha value is -7.04. The number of nitrogens with zero attached hydrogens (tertiary/aromatic N) is 2. The van der Waals surface area contributed by atoms with Gasteiger partial charge in [-0.15, -0.1) is 0 Å². The lowest BCUT2D eigenvalue weighted by Crippen LogP contribution is -2.10. The standard InChI is InChI=1S/C48H30N2O2/c1-2-15-32(16-3-1)49(41-24-13-27-45-46(41)37-20-6-10-25-43(37)51-45)42-29-28-34(48-47(42)38-21-7-11-26-44(38)52-48)31-14-12-17-33(30-31)50-39-22-8-4-18-35(39)36-19-5-9-23-40(36)50/h1-30H. The lowest BCUT2D eigenvalue weighted by atomic mass is 9.99. The van der Waals surface area contributed by atoms with E-state index in [4.69, 9.17) is 8.83 Å². The van der Waals surface area contributed by atoms with Crippen molar-refractivity contribution in [1.82, 2.24) is 4.57 Å². The number of hydrogen-bond acceptors (Lipinski definition) is 3. The Morgan fingerprint density at radius 2 is 0.981 bits per heavy atom. The number of fused-ring (bicyclic) bond motifs is 9. The first kappa shape index (κ1) is 28.8. The predicted molar refractivity (Wildman–Crippen MR) is 215 cm³/mol. The molecule has 3 aromatic heterocycles. The van der Waals surface area contributed by atoms with Crippen LogP contribution < -0.4 is 4.90 Å². The van der Waals surface area contributed by atoms with Gasteiger partial charge in [0.25, 0.3) is 0 Å². The van der Waals surface area contributed by atoms with Gasteiger partial charge in [-0.1, -0.05) is 109 Å². The summed E-state index contributed by atoms with van der Waals surface area (Å²) in [5, 5.41) is 6.77. The van der Waals surface area contributed by atoms with Crippen LogP contribution in [-0.4, -0.2) is 4.57 Å². The molecular weight excluding hydrogens is 637 g/mol. The molecule has 0 N–H and O–H groups in total. The molecule has 0 fully saturated rings. The van der Waals surface area contributed by atoms with E-state index < -0.39 is 0 Å². The molecule has 0 unspecified atom stereocenters. The smallest absolute Gasteiger partial charge is 0.145 e. The fourth-order valence-electron chi connectivity index (χ4n) is 8.16. The van der Waals surface area contributed by atoms with E-state index in [9.17, 15) is 0 Å². The van der Waals surface area contributed by atoms with E-state index in [-0.39, 0.29) is 0 Å². The maximum absolute atomic E-state index is 6.86. The minimum absolute atomic E-state index is 0.850. The first-order chi connectivity index (χ1) is 25.8.